The van der Waals surface area contributed by atoms with Gasteiger partial charge < -0.3 is 4.90 Å². The monoisotopic (exact) mass is 251 g/mol. The minimum Gasteiger partial charge on any atom is -0.363 e. The fourth-order valence-electron chi connectivity index (χ4n) is 3.03. The summed E-state index contributed by atoms with van der Waals surface area (Å²) < 4.78 is 0. The first-order valence-electron chi connectivity index (χ1n) is 6.96. The molecule has 1 heteroatoms. The molecule has 0 N–H and O–H groups in total. The Bertz CT molecular complexity index is 609. The van der Waals surface area contributed by atoms with Crippen molar-refractivity contribution in [3.63, 3.8) is 0 Å². The van der Waals surface area contributed by atoms with Gasteiger partial charge in [-0.1, -0.05) is 29.8 Å². The van der Waals surface area contributed by atoms with Gasteiger partial charge in [-0.3, -0.25) is 0 Å². The molecule has 1 heterocycles. The van der Waals surface area contributed by atoms with E-state index in [1.807, 2.05) is 0 Å². The largest absolute Gasteiger partial charge is 0.363 e. The molecule has 0 atom stereocenters. The zero-order valence-electron chi connectivity index (χ0n) is 12.2. The Morgan fingerprint density at radius 1 is 0.737 bits per heavy atom. The average Bonchev–Trinajstić information content (AvgIpc) is 2.72. The quantitative estimate of drug-likeness (QED) is 0.724. The molecule has 0 unspecified atom stereocenters. The predicted molar refractivity (Wildman–Crippen MR) is 81.7 cm³/mol. The third-order valence-corrected chi connectivity index (χ3v) is 4.23. The van der Waals surface area contributed by atoms with Crippen LogP contribution < -0.4 is 4.90 Å². The number of anilines is 1. The Labute approximate surface area is 115 Å². The van der Waals surface area contributed by atoms with Crippen LogP contribution in [0.4, 0.5) is 5.69 Å². The fourth-order valence-corrected chi connectivity index (χ4v) is 3.03. The molecule has 19 heavy (non-hydrogen) atoms. The van der Waals surface area contributed by atoms with Crippen LogP contribution in [0.2, 0.25) is 0 Å². The van der Waals surface area contributed by atoms with Crippen LogP contribution in [-0.2, 0) is 13.1 Å². The lowest BCUT2D eigenvalue weighted by atomic mass is 10.0. The summed E-state index contributed by atoms with van der Waals surface area (Å²) >= 11 is 0. The number of rotatable bonds is 1. The first-order chi connectivity index (χ1) is 9.04. The molecule has 3 rings (SSSR count). The van der Waals surface area contributed by atoms with E-state index >= 15 is 0 Å². The SMILES string of the molecule is Cc1ccc(N2Cc3cc(C)c(C)cc3C2)c(C)c1. The lowest BCUT2D eigenvalue weighted by Gasteiger charge is -2.20. The molecule has 2 aromatic carbocycles. The van der Waals surface area contributed by atoms with E-state index < -0.39 is 0 Å². The normalized spacial score (nSPS) is 13.8. The van der Waals surface area contributed by atoms with Crippen LogP contribution in [-0.4, -0.2) is 0 Å². The van der Waals surface area contributed by atoms with Crippen LogP contribution in [0, 0.1) is 27.7 Å². The smallest absolute Gasteiger partial charge is 0.0436 e. The second-order valence-electron chi connectivity index (χ2n) is 5.85. The number of hydrogen-bond donors (Lipinski definition) is 0. The van der Waals surface area contributed by atoms with E-state index in [0.717, 1.165) is 13.1 Å². The van der Waals surface area contributed by atoms with Crippen LogP contribution in [0.25, 0.3) is 0 Å². The Balaban J connectivity index is 1.95. The van der Waals surface area contributed by atoms with Crippen LogP contribution in [0.15, 0.2) is 30.3 Å². The topological polar surface area (TPSA) is 3.24 Å². The van der Waals surface area contributed by atoms with Crippen LogP contribution in [0.1, 0.15) is 33.4 Å². The third-order valence-electron chi connectivity index (χ3n) is 4.23. The maximum Gasteiger partial charge on any atom is 0.0436 e. The van der Waals surface area contributed by atoms with Crippen molar-refractivity contribution in [2.75, 3.05) is 4.90 Å². The van der Waals surface area contributed by atoms with Crippen molar-refractivity contribution in [1.82, 2.24) is 0 Å². The Morgan fingerprint density at radius 3 is 1.84 bits per heavy atom. The number of benzene rings is 2. The lowest BCUT2D eigenvalue weighted by Crippen LogP contribution is -2.15. The van der Waals surface area contributed by atoms with Crippen molar-refractivity contribution in [2.24, 2.45) is 0 Å². The highest BCUT2D eigenvalue weighted by molar-refractivity contribution is 5.58. The van der Waals surface area contributed by atoms with E-state index in [4.69, 9.17) is 0 Å². The van der Waals surface area contributed by atoms with Gasteiger partial charge in [0.15, 0.2) is 0 Å². The Hall–Kier alpha value is -1.76. The van der Waals surface area contributed by atoms with Gasteiger partial charge in [-0.2, -0.15) is 0 Å². The summed E-state index contributed by atoms with van der Waals surface area (Å²) in [5.74, 6) is 0. The number of fused-ring (bicyclic) bond motifs is 1. The fraction of sp³-hybridized carbons (Fsp3) is 0.333. The number of nitrogens with zero attached hydrogens (tertiary/aromatic N) is 1. The molecule has 0 saturated heterocycles. The van der Waals surface area contributed by atoms with Gasteiger partial charge in [-0.05, 0) is 61.6 Å². The summed E-state index contributed by atoms with van der Waals surface area (Å²) in [6, 6.07) is 11.5. The maximum atomic E-state index is 2.48. The van der Waals surface area contributed by atoms with Gasteiger partial charge in [0, 0.05) is 18.8 Å². The molecule has 98 valence electrons. The summed E-state index contributed by atoms with van der Waals surface area (Å²) in [7, 11) is 0. The standard InChI is InChI=1S/C18H21N/c1-12-5-6-18(15(4)7-12)19-10-16-8-13(2)14(3)9-17(16)11-19/h5-9H,10-11H2,1-4H3. The predicted octanol–water partition coefficient (Wildman–Crippen LogP) is 4.44. The molecule has 0 spiro atoms. The van der Waals surface area contributed by atoms with E-state index in [2.05, 4.69) is 62.9 Å². The van der Waals surface area contributed by atoms with Gasteiger partial charge in [-0.15, -0.1) is 0 Å². The summed E-state index contributed by atoms with van der Waals surface area (Å²) in [4.78, 5) is 2.48. The van der Waals surface area contributed by atoms with Gasteiger partial charge in [0.05, 0.1) is 0 Å². The summed E-state index contributed by atoms with van der Waals surface area (Å²) in [5, 5.41) is 0. The highest BCUT2D eigenvalue weighted by atomic mass is 15.1. The van der Waals surface area contributed by atoms with Gasteiger partial charge in [-0.25, -0.2) is 0 Å². The minimum absolute atomic E-state index is 1.04. The molecule has 0 radical (unpaired) electrons. The van der Waals surface area contributed by atoms with Gasteiger partial charge in [0.2, 0.25) is 0 Å². The highest BCUT2D eigenvalue weighted by Crippen LogP contribution is 2.32. The first-order valence-corrected chi connectivity index (χ1v) is 6.96. The molecule has 1 nitrogen and oxygen atoms in total. The molecule has 0 aliphatic carbocycles. The lowest BCUT2D eigenvalue weighted by molar-refractivity contribution is 0.874. The molecule has 0 bridgehead atoms. The molecule has 1 aliphatic heterocycles. The second kappa shape index (κ2) is 4.41. The number of aryl methyl sites for hydroxylation is 4. The molecule has 0 fully saturated rings. The summed E-state index contributed by atoms with van der Waals surface area (Å²) in [6.07, 6.45) is 0. The van der Waals surface area contributed by atoms with Gasteiger partial charge >= 0.3 is 0 Å². The second-order valence-corrected chi connectivity index (χ2v) is 5.85. The van der Waals surface area contributed by atoms with E-state index in [0.29, 0.717) is 0 Å². The minimum atomic E-state index is 1.04. The van der Waals surface area contributed by atoms with Crippen molar-refractivity contribution in [3.05, 3.63) is 63.7 Å². The van der Waals surface area contributed by atoms with E-state index in [1.165, 1.54) is 39.1 Å². The van der Waals surface area contributed by atoms with Gasteiger partial charge in [0.1, 0.15) is 0 Å². The Kier molecular flexibility index (Phi) is 2.85. The van der Waals surface area contributed by atoms with Crippen molar-refractivity contribution in [3.8, 4) is 0 Å². The van der Waals surface area contributed by atoms with Crippen LogP contribution >= 0.6 is 0 Å². The zero-order valence-corrected chi connectivity index (χ0v) is 12.2. The molecule has 1 aliphatic rings. The molecular weight excluding hydrogens is 230 g/mol. The maximum absolute atomic E-state index is 2.48. The molecule has 0 aromatic heterocycles. The van der Waals surface area contributed by atoms with E-state index in [-0.39, 0.29) is 0 Å². The molecule has 0 saturated carbocycles. The molecular formula is C18H21N. The molecule has 0 amide bonds. The van der Waals surface area contributed by atoms with Crippen LogP contribution in [0.5, 0.6) is 0 Å². The van der Waals surface area contributed by atoms with Crippen molar-refractivity contribution in [1.29, 1.82) is 0 Å². The molecule has 2 aromatic rings. The average molecular weight is 251 g/mol. The van der Waals surface area contributed by atoms with E-state index in [1.54, 1.807) is 0 Å². The van der Waals surface area contributed by atoms with Gasteiger partial charge in [0.25, 0.3) is 0 Å². The third kappa shape index (κ3) is 2.14. The van der Waals surface area contributed by atoms with Crippen molar-refractivity contribution >= 4 is 5.69 Å². The summed E-state index contributed by atoms with van der Waals surface area (Å²) in [6.45, 7) is 10.9. The number of hydrogen-bond acceptors (Lipinski definition) is 1. The van der Waals surface area contributed by atoms with Crippen molar-refractivity contribution < 1.29 is 0 Å². The first kappa shape index (κ1) is 12.3. The van der Waals surface area contributed by atoms with Crippen LogP contribution in [0.3, 0.4) is 0 Å². The summed E-state index contributed by atoms with van der Waals surface area (Å²) in [5.41, 5.74) is 9.87. The van der Waals surface area contributed by atoms with Crippen molar-refractivity contribution in [2.45, 2.75) is 40.8 Å². The zero-order chi connectivity index (χ0) is 13.6. The highest BCUT2D eigenvalue weighted by Gasteiger charge is 2.20. The Morgan fingerprint density at radius 2 is 1.32 bits per heavy atom. The van der Waals surface area contributed by atoms with E-state index in [9.17, 15) is 0 Å².